The molecule has 0 N–H and O–H groups in total. The minimum Gasteiger partial charge on any atom is -0.350 e. The van der Waals surface area contributed by atoms with Gasteiger partial charge < -0.3 is 9.47 Å². The highest BCUT2D eigenvalue weighted by Crippen LogP contribution is 2.33. The Hall–Kier alpha value is -2.12. The zero-order valence-electron chi connectivity index (χ0n) is 18.3. The zero-order chi connectivity index (χ0) is 21.6. The summed E-state index contributed by atoms with van der Waals surface area (Å²) in [7, 11) is -1.96. The summed E-state index contributed by atoms with van der Waals surface area (Å²) in [5.74, 6) is 0.448. The summed E-state index contributed by atoms with van der Waals surface area (Å²) in [6.07, 6.45) is 2.61. The molecule has 2 aliphatic rings. The Kier molecular flexibility index (Phi) is 5.53. The van der Waals surface area contributed by atoms with Gasteiger partial charge in [-0.3, -0.25) is 4.79 Å². The molecule has 1 fully saturated rings. The standard InChI is InChI=1S/C23H31N3O3S/c1-16-9-12-25(13-10-16)23(27)21-17(2)24(4)18(3)22(21)30(28,29)26-14-11-19-7-5-6-8-20(19)15-26/h5-8,16H,9-15H2,1-4H3. The van der Waals surface area contributed by atoms with Gasteiger partial charge in [0.2, 0.25) is 10.0 Å². The number of sulfonamides is 1. The van der Waals surface area contributed by atoms with Crippen LogP contribution in [0, 0.1) is 19.8 Å². The van der Waals surface area contributed by atoms with Crippen LogP contribution in [0.2, 0.25) is 0 Å². The van der Waals surface area contributed by atoms with Gasteiger partial charge in [0.15, 0.2) is 0 Å². The number of likely N-dealkylation sites (tertiary alicyclic amines) is 1. The van der Waals surface area contributed by atoms with Crippen LogP contribution in [-0.2, 0) is 30.0 Å². The Bertz CT molecular complexity index is 1080. The molecule has 0 bridgehead atoms. The fourth-order valence-corrected chi connectivity index (χ4v) is 6.56. The topological polar surface area (TPSA) is 62.6 Å². The smallest absolute Gasteiger partial charge is 0.257 e. The maximum atomic E-state index is 13.8. The molecule has 1 amide bonds. The molecule has 0 saturated carbocycles. The number of amides is 1. The first-order chi connectivity index (χ1) is 14.2. The van der Waals surface area contributed by atoms with Gasteiger partial charge in [-0.05, 0) is 50.2 Å². The monoisotopic (exact) mass is 429 g/mol. The zero-order valence-corrected chi connectivity index (χ0v) is 19.1. The van der Waals surface area contributed by atoms with Crippen LogP contribution in [0.4, 0.5) is 0 Å². The van der Waals surface area contributed by atoms with Gasteiger partial charge in [-0.15, -0.1) is 0 Å². The SMILES string of the molecule is Cc1c(C(=O)N2CCC(C)CC2)c(S(=O)(=O)N2CCc3ccccc3C2)c(C)n1C. The molecule has 0 spiro atoms. The second-order valence-electron chi connectivity index (χ2n) is 8.77. The first kappa shape index (κ1) is 21.1. The Labute approximate surface area is 179 Å². The van der Waals surface area contributed by atoms with Crippen molar-refractivity contribution in [2.45, 2.75) is 51.5 Å². The number of hydrogen-bond donors (Lipinski definition) is 0. The van der Waals surface area contributed by atoms with E-state index in [1.54, 1.807) is 6.92 Å². The largest absolute Gasteiger partial charge is 0.350 e. The van der Waals surface area contributed by atoms with Gasteiger partial charge in [0, 0.05) is 44.6 Å². The molecule has 0 aliphatic carbocycles. The average Bonchev–Trinajstić information content (AvgIpc) is 2.98. The first-order valence-electron chi connectivity index (χ1n) is 10.7. The van der Waals surface area contributed by atoms with Crippen LogP contribution in [0.1, 0.15) is 52.6 Å². The van der Waals surface area contributed by atoms with Crippen molar-refractivity contribution in [3.05, 3.63) is 52.3 Å². The molecule has 30 heavy (non-hydrogen) atoms. The summed E-state index contributed by atoms with van der Waals surface area (Å²) in [6.45, 7) is 7.99. The summed E-state index contributed by atoms with van der Waals surface area (Å²) < 4.78 is 30.9. The fraction of sp³-hybridized carbons (Fsp3) is 0.522. The molecule has 0 radical (unpaired) electrons. The minimum atomic E-state index is -3.80. The maximum absolute atomic E-state index is 13.8. The van der Waals surface area contributed by atoms with Gasteiger partial charge in [-0.2, -0.15) is 4.31 Å². The highest BCUT2D eigenvalue weighted by atomic mass is 32.2. The van der Waals surface area contributed by atoms with Gasteiger partial charge >= 0.3 is 0 Å². The number of piperidine rings is 1. The number of benzene rings is 1. The summed E-state index contributed by atoms with van der Waals surface area (Å²) in [6, 6.07) is 7.98. The van der Waals surface area contributed by atoms with Crippen LogP contribution in [0.25, 0.3) is 0 Å². The molecule has 0 atom stereocenters. The lowest BCUT2D eigenvalue weighted by molar-refractivity contribution is 0.0692. The quantitative estimate of drug-likeness (QED) is 0.752. The molecule has 0 unspecified atom stereocenters. The molecule has 162 valence electrons. The van der Waals surface area contributed by atoms with Crippen molar-refractivity contribution < 1.29 is 13.2 Å². The molecule has 2 aromatic rings. The number of hydrogen-bond acceptors (Lipinski definition) is 3. The highest BCUT2D eigenvalue weighted by Gasteiger charge is 2.37. The van der Waals surface area contributed by atoms with Crippen LogP contribution >= 0.6 is 0 Å². The van der Waals surface area contributed by atoms with E-state index in [2.05, 4.69) is 13.0 Å². The molecular weight excluding hydrogens is 398 g/mol. The predicted molar refractivity (Wildman–Crippen MR) is 117 cm³/mol. The van der Waals surface area contributed by atoms with E-state index in [0.717, 1.165) is 18.4 Å². The van der Waals surface area contributed by atoms with Crippen molar-refractivity contribution >= 4 is 15.9 Å². The maximum Gasteiger partial charge on any atom is 0.257 e. The summed E-state index contributed by atoms with van der Waals surface area (Å²) in [5.41, 5.74) is 3.93. The molecule has 7 heteroatoms. The van der Waals surface area contributed by atoms with E-state index >= 15 is 0 Å². The van der Waals surface area contributed by atoms with Gasteiger partial charge in [0.25, 0.3) is 5.91 Å². The fourth-order valence-electron chi connectivity index (χ4n) is 4.66. The Morgan fingerprint density at radius 3 is 2.30 bits per heavy atom. The van der Waals surface area contributed by atoms with E-state index in [-0.39, 0.29) is 10.8 Å². The van der Waals surface area contributed by atoms with Crippen LogP contribution in [0.15, 0.2) is 29.2 Å². The van der Waals surface area contributed by atoms with Crippen molar-refractivity contribution in [3.8, 4) is 0 Å². The van der Waals surface area contributed by atoms with Crippen LogP contribution in [0.3, 0.4) is 0 Å². The molecule has 6 nitrogen and oxygen atoms in total. The summed E-state index contributed by atoms with van der Waals surface area (Å²) in [4.78, 5) is 15.5. The first-order valence-corrected chi connectivity index (χ1v) is 12.2. The number of aromatic nitrogens is 1. The third-order valence-electron chi connectivity index (χ3n) is 6.90. The summed E-state index contributed by atoms with van der Waals surface area (Å²) >= 11 is 0. The van der Waals surface area contributed by atoms with Crippen molar-refractivity contribution in [1.82, 2.24) is 13.8 Å². The van der Waals surface area contributed by atoms with Gasteiger partial charge in [-0.25, -0.2) is 8.42 Å². The average molecular weight is 430 g/mol. The molecular formula is C23H31N3O3S. The molecule has 1 aromatic heterocycles. The predicted octanol–water partition coefficient (Wildman–Crippen LogP) is 3.26. The molecule has 1 aromatic carbocycles. The lowest BCUT2D eigenvalue weighted by Gasteiger charge is -2.31. The van der Waals surface area contributed by atoms with Crippen molar-refractivity contribution in [2.75, 3.05) is 19.6 Å². The Morgan fingerprint density at radius 1 is 1.00 bits per heavy atom. The van der Waals surface area contributed by atoms with E-state index in [1.807, 2.05) is 41.6 Å². The molecule has 2 aliphatic heterocycles. The second-order valence-corrected chi connectivity index (χ2v) is 10.6. The summed E-state index contributed by atoms with van der Waals surface area (Å²) in [5, 5.41) is 0. The van der Waals surface area contributed by atoms with Crippen molar-refractivity contribution in [2.24, 2.45) is 13.0 Å². The lowest BCUT2D eigenvalue weighted by atomic mass is 9.98. The van der Waals surface area contributed by atoms with Gasteiger partial charge in [0.1, 0.15) is 4.90 Å². The number of rotatable bonds is 3. The molecule has 1 saturated heterocycles. The normalized spacial score (nSPS) is 18.5. The van der Waals surface area contributed by atoms with Crippen LogP contribution in [0.5, 0.6) is 0 Å². The lowest BCUT2D eigenvalue weighted by Crippen LogP contribution is -2.40. The number of nitrogens with zero attached hydrogens (tertiary/aromatic N) is 3. The third kappa shape index (κ3) is 3.48. The second kappa shape index (κ2) is 7.85. The van der Waals surface area contributed by atoms with Crippen LogP contribution < -0.4 is 0 Å². The van der Waals surface area contributed by atoms with E-state index in [4.69, 9.17) is 0 Å². The highest BCUT2D eigenvalue weighted by molar-refractivity contribution is 7.89. The molecule has 4 rings (SSSR count). The van der Waals surface area contributed by atoms with Crippen molar-refractivity contribution in [1.29, 1.82) is 0 Å². The Balaban J connectivity index is 1.73. The van der Waals surface area contributed by atoms with E-state index in [0.29, 0.717) is 55.5 Å². The van der Waals surface area contributed by atoms with Gasteiger partial charge in [-0.1, -0.05) is 31.2 Å². The minimum absolute atomic E-state index is 0.154. The van der Waals surface area contributed by atoms with Crippen LogP contribution in [-0.4, -0.2) is 47.7 Å². The molecule has 3 heterocycles. The third-order valence-corrected chi connectivity index (χ3v) is 8.91. The number of fused-ring (bicyclic) bond motifs is 1. The van der Waals surface area contributed by atoms with Crippen molar-refractivity contribution in [3.63, 3.8) is 0 Å². The number of carbonyl (C=O) groups excluding carboxylic acids is 1. The number of carbonyl (C=O) groups is 1. The van der Waals surface area contributed by atoms with E-state index < -0.39 is 10.0 Å². The van der Waals surface area contributed by atoms with Gasteiger partial charge in [0.05, 0.1) is 5.56 Å². The van der Waals surface area contributed by atoms with E-state index in [1.165, 1.54) is 9.87 Å². The Morgan fingerprint density at radius 2 is 1.63 bits per heavy atom. The van der Waals surface area contributed by atoms with E-state index in [9.17, 15) is 13.2 Å².